The standard InChI is InChI=1S/C17H21N3O/c1-12-5-4-9-19-17(12)15(20-18)11-16-14-7-3-2-6-13(14)8-10-21-16/h2-7,9,15-16,20H,8,10-11,18H2,1H3. The van der Waals surface area contributed by atoms with Gasteiger partial charge in [-0.05, 0) is 36.1 Å². The Bertz CT molecular complexity index is 614. The first kappa shape index (κ1) is 14.2. The van der Waals surface area contributed by atoms with Gasteiger partial charge in [-0.3, -0.25) is 16.3 Å². The summed E-state index contributed by atoms with van der Waals surface area (Å²) < 4.78 is 5.97. The lowest BCUT2D eigenvalue weighted by Gasteiger charge is -2.29. The van der Waals surface area contributed by atoms with Crippen LogP contribution in [0.1, 0.15) is 41.0 Å². The highest BCUT2D eigenvalue weighted by molar-refractivity contribution is 5.31. The van der Waals surface area contributed by atoms with Crippen LogP contribution >= 0.6 is 0 Å². The zero-order valence-corrected chi connectivity index (χ0v) is 12.3. The largest absolute Gasteiger partial charge is 0.373 e. The Balaban J connectivity index is 1.84. The molecule has 2 unspecified atom stereocenters. The van der Waals surface area contributed by atoms with Crippen LogP contribution in [0.15, 0.2) is 42.6 Å². The van der Waals surface area contributed by atoms with Gasteiger partial charge in [0.05, 0.1) is 24.4 Å². The van der Waals surface area contributed by atoms with Crippen LogP contribution in [0.5, 0.6) is 0 Å². The van der Waals surface area contributed by atoms with Crippen LogP contribution in [0.2, 0.25) is 0 Å². The fourth-order valence-corrected chi connectivity index (χ4v) is 3.01. The van der Waals surface area contributed by atoms with Crippen molar-refractivity contribution in [2.24, 2.45) is 5.84 Å². The minimum Gasteiger partial charge on any atom is -0.373 e. The maximum atomic E-state index is 5.97. The summed E-state index contributed by atoms with van der Waals surface area (Å²) in [6.07, 6.45) is 3.64. The minimum atomic E-state index is -0.0117. The molecule has 3 N–H and O–H groups in total. The Morgan fingerprint density at radius 2 is 2.19 bits per heavy atom. The molecule has 1 aromatic carbocycles. The van der Waals surface area contributed by atoms with E-state index in [0.29, 0.717) is 0 Å². The van der Waals surface area contributed by atoms with E-state index in [2.05, 4.69) is 47.7 Å². The molecule has 0 saturated carbocycles. The molecule has 0 fully saturated rings. The van der Waals surface area contributed by atoms with Gasteiger partial charge >= 0.3 is 0 Å². The Labute approximate surface area is 125 Å². The normalized spacial score (nSPS) is 19.0. The molecule has 0 aliphatic carbocycles. The molecule has 0 spiro atoms. The van der Waals surface area contributed by atoms with Crippen LogP contribution < -0.4 is 11.3 Å². The third kappa shape index (κ3) is 2.97. The van der Waals surface area contributed by atoms with Crippen LogP contribution in [0, 0.1) is 6.92 Å². The van der Waals surface area contributed by atoms with Gasteiger partial charge in [-0.15, -0.1) is 0 Å². The minimum absolute atomic E-state index is 0.0117. The summed E-state index contributed by atoms with van der Waals surface area (Å²) in [6, 6.07) is 12.5. The lowest BCUT2D eigenvalue weighted by molar-refractivity contribution is 0.0289. The molecule has 0 bridgehead atoms. The second-order valence-corrected chi connectivity index (χ2v) is 5.47. The van der Waals surface area contributed by atoms with Crippen molar-refractivity contribution in [1.82, 2.24) is 10.4 Å². The van der Waals surface area contributed by atoms with Crippen molar-refractivity contribution >= 4 is 0 Å². The van der Waals surface area contributed by atoms with Crippen LogP contribution in [0.3, 0.4) is 0 Å². The van der Waals surface area contributed by atoms with Gasteiger partial charge < -0.3 is 4.74 Å². The number of nitrogens with one attached hydrogen (secondary N) is 1. The number of hydrogen-bond donors (Lipinski definition) is 2. The molecule has 3 rings (SSSR count). The topological polar surface area (TPSA) is 60.2 Å². The van der Waals surface area contributed by atoms with E-state index in [1.165, 1.54) is 11.1 Å². The second-order valence-electron chi connectivity index (χ2n) is 5.47. The predicted octanol–water partition coefficient (Wildman–Crippen LogP) is 2.60. The second kappa shape index (κ2) is 6.35. The molecule has 1 aromatic heterocycles. The van der Waals surface area contributed by atoms with E-state index in [0.717, 1.165) is 30.7 Å². The van der Waals surface area contributed by atoms with Gasteiger partial charge in [0.15, 0.2) is 0 Å². The summed E-state index contributed by atoms with van der Waals surface area (Å²) in [5, 5.41) is 0. The molecule has 0 amide bonds. The fourth-order valence-electron chi connectivity index (χ4n) is 3.01. The molecule has 110 valence electrons. The van der Waals surface area contributed by atoms with Crippen molar-refractivity contribution in [3.8, 4) is 0 Å². The maximum Gasteiger partial charge on any atom is 0.0847 e. The van der Waals surface area contributed by atoms with E-state index in [9.17, 15) is 0 Å². The average Bonchev–Trinajstić information content (AvgIpc) is 2.53. The molecule has 1 aliphatic heterocycles. The zero-order chi connectivity index (χ0) is 14.7. The Kier molecular flexibility index (Phi) is 4.29. The number of rotatable bonds is 4. The molecule has 2 atom stereocenters. The van der Waals surface area contributed by atoms with Crippen LogP contribution in [0.25, 0.3) is 0 Å². The Hall–Kier alpha value is -1.75. The SMILES string of the molecule is Cc1cccnc1C(CC1OCCc2ccccc21)NN. The molecule has 0 saturated heterocycles. The van der Waals surface area contributed by atoms with E-state index < -0.39 is 0 Å². The number of hydrazine groups is 1. The molecule has 21 heavy (non-hydrogen) atoms. The number of ether oxygens (including phenoxy) is 1. The summed E-state index contributed by atoms with van der Waals surface area (Å²) in [5.74, 6) is 5.77. The van der Waals surface area contributed by atoms with Gasteiger partial charge in [-0.25, -0.2) is 0 Å². The lowest BCUT2D eigenvalue weighted by atomic mass is 9.92. The lowest BCUT2D eigenvalue weighted by Crippen LogP contribution is -2.32. The quantitative estimate of drug-likeness (QED) is 0.669. The molecular weight excluding hydrogens is 262 g/mol. The maximum absolute atomic E-state index is 5.97. The molecule has 2 heterocycles. The molecule has 4 heteroatoms. The van der Waals surface area contributed by atoms with Crippen molar-refractivity contribution in [2.75, 3.05) is 6.61 Å². The molecule has 2 aromatic rings. The summed E-state index contributed by atoms with van der Waals surface area (Å²) in [4.78, 5) is 4.47. The van der Waals surface area contributed by atoms with Crippen LogP contribution in [-0.4, -0.2) is 11.6 Å². The van der Waals surface area contributed by atoms with Gasteiger partial charge in [0.2, 0.25) is 0 Å². The van der Waals surface area contributed by atoms with Crippen molar-refractivity contribution in [2.45, 2.75) is 31.9 Å². The first-order chi connectivity index (χ1) is 10.3. The first-order valence-electron chi connectivity index (χ1n) is 7.36. The van der Waals surface area contributed by atoms with Crippen molar-refractivity contribution < 1.29 is 4.74 Å². The van der Waals surface area contributed by atoms with Crippen molar-refractivity contribution in [3.05, 3.63) is 65.0 Å². The third-order valence-corrected chi connectivity index (χ3v) is 4.12. The van der Waals surface area contributed by atoms with E-state index in [-0.39, 0.29) is 12.1 Å². The van der Waals surface area contributed by atoms with Gasteiger partial charge in [0.25, 0.3) is 0 Å². The number of nitrogens with two attached hydrogens (primary N) is 1. The summed E-state index contributed by atoms with van der Waals surface area (Å²) in [7, 11) is 0. The molecule has 1 aliphatic rings. The van der Waals surface area contributed by atoms with E-state index >= 15 is 0 Å². The van der Waals surface area contributed by atoms with Crippen molar-refractivity contribution in [3.63, 3.8) is 0 Å². The number of fused-ring (bicyclic) bond motifs is 1. The first-order valence-corrected chi connectivity index (χ1v) is 7.36. The highest BCUT2D eigenvalue weighted by atomic mass is 16.5. The smallest absolute Gasteiger partial charge is 0.0847 e. The van der Waals surface area contributed by atoms with Gasteiger partial charge in [0.1, 0.15) is 0 Å². The van der Waals surface area contributed by atoms with Crippen LogP contribution in [0.4, 0.5) is 0 Å². The fraction of sp³-hybridized carbons (Fsp3) is 0.353. The Morgan fingerprint density at radius 3 is 3.00 bits per heavy atom. The summed E-state index contributed by atoms with van der Waals surface area (Å²) >= 11 is 0. The zero-order valence-electron chi connectivity index (χ0n) is 12.3. The van der Waals surface area contributed by atoms with E-state index in [4.69, 9.17) is 10.6 Å². The van der Waals surface area contributed by atoms with Crippen LogP contribution in [-0.2, 0) is 11.2 Å². The number of aryl methyl sites for hydroxylation is 1. The average molecular weight is 283 g/mol. The molecule has 0 radical (unpaired) electrons. The molecular formula is C17H21N3O. The van der Waals surface area contributed by atoms with E-state index in [1.807, 2.05) is 12.3 Å². The predicted molar refractivity (Wildman–Crippen MR) is 82.5 cm³/mol. The number of benzene rings is 1. The number of pyridine rings is 1. The molecule has 4 nitrogen and oxygen atoms in total. The van der Waals surface area contributed by atoms with E-state index in [1.54, 1.807) is 0 Å². The highest BCUT2D eigenvalue weighted by Crippen LogP contribution is 2.34. The number of hydrogen-bond acceptors (Lipinski definition) is 4. The van der Waals surface area contributed by atoms with Gasteiger partial charge in [-0.2, -0.15) is 0 Å². The number of aromatic nitrogens is 1. The Morgan fingerprint density at radius 1 is 1.33 bits per heavy atom. The van der Waals surface area contributed by atoms with Gasteiger partial charge in [-0.1, -0.05) is 30.3 Å². The summed E-state index contributed by atoms with van der Waals surface area (Å²) in [5.41, 5.74) is 7.68. The highest BCUT2D eigenvalue weighted by Gasteiger charge is 2.25. The number of nitrogens with zero attached hydrogens (tertiary/aromatic N) is 1. The van der Waals surface area contributed by atoms with Crippen molar-refractivity contribution in [1.29, 1.82) is 0 Å². The summed E-state index contributed by atoms with van der Waals surface area (Å²) in [6.45, 7) is 2.82. The van der Waals surface area contributed by atoms with Gasteiger partial charge in [0, 0.05) is 12.6 Å². The monoisotopic (exact) mass is 283 g/mol. The third-order valence-electron chi connectivity index (χ3n) is 4.12.